The third-order valence-corrected chi connectivity index (χ3v) is 3.99. The molecule has 0 radical (unpaired) electrons. The summed E-state index contributed by atoms with van der Waals surface area (Å²) in [6, 6.07) is 3.93. The third kappa shape index (κ3) is 3.02. The molecule has 0 bridgehead atoms. The van der Waals surface area contributed by atoms with Gasteiger partial charge in [-0.2, -0.15) is 13.2 Å². The number of benzene rings is 1. The molecule has 1 fully saturated rings. The summed E-state index contributed by atoms with van der Waals surface area (Å²) in [5.74, 6) is 0. The number of rotatable bonds is 3. The Hall–Kier alpha value is -1.63. The van der Waals surface area contributed by atoms with Crippen molar-refractivity contribution in [3.8, 4) is 0 Å². The lowest BCUT2D eigenvalue weighted by Gasteiger charge is -2.32. The lowest BCUT2D eigenvalue weighted by Crippen LogP contribution is -2.41. The molecule has 1 saturated heterocycles. The highest BCUT2D eigenvalue weighted by Crippen LogP contribution is 2.40. The van der Waals surface area contributed by atoms with Crippen LogP contribution in [0.15, 0.2) is 29.6 Å². The first-order valence-corrected chi connectivity index (χ1v) is 6.64. The van der Waals surface area contributed by atoms with Crippen molar-refractivity contribution in [3.05, 3.63) is 40.3 Å². The second kappa shape index (κ2) is 5.29. The van der Waals surface area contributed by atoms with Crippen molar-refractivity contribution in [3.63, 3.8) is 0 Å². The van der Waals surface area contributed by atoms with Gasteiger partial charge < -0.3 is 5.11 Å². The molecule has 1 aromatic carbocycles. The fourth-order valence-corrected chi connectivity index (χ4v) is 2.77. The molecular formula is C14H17F3N2O2. The summed E-state index contributed by atoms with van der Waals surface area (Å²) in [4.78, 5) is 11.0. The number of alkyl halides is 3. The van der Waals surface area contributed by atoms with Crippen LogP contribution in [0.1, 0.15) is 43.9 Å². The van der Waals surface area contributed by atoms with Crippen molar-refractivity contribution < 1.29 is 18.3 Å². The smallest absolute Gasteiger partial charge is 0.386 e. The number of aliphatic hydroxyl groups excluding tert-OH is 1. The van der Waals surface area contributed by atoms with Gasteiger partial charge in [-0.25, -0.2) is 5.01 Å². The van der Waals surface area contributed by atoms with Crippen LogP contribution in [0.25, 0.3) is 0 Å². The van der Waals surface area contributed by atoms with Crippen LogP contribution in [0.3, 0.4) is 0 Å². The SMILES string of the molecule is CC1(C)CCC(C(O)c2cccc(C(F)(F)F)c2)N1N=O. The van der Waals surface area contributed by atoms with E-state index in [1.165, 1.54) is 17.1 Å². The van der Waals surface area contributed by atoms with Gasteiger partial charge in [-0.3, -0.25) is 0 Å². The molecule has 0 amide bonds. The van der Waals surface area contributed by atoms with Crippen LogP contribution in [-0.4, -0.2) is 21.7 Å². The maximum absolute atomic E-state index is 12.7. The average molecular weight is 302 g/mol. The quantitative estimate of drug-likeness (QED) is 0.867. The number of halogens is 3. The second-order valence-corrected chi connectivity index (χ2v) is 5.91. The molecule has 0 saturated carbocycles. The molecule has 1 N–H and O–H groups in total. The molecule has 1 aliphatic heterocycles. The number of nitrogens with zero attached hydrogens (tertiary/aromatic N) is 2. The molecule has 0 aliphatic carbocycles. The second-order valence-electron chi connectivity index (χ2n) is 5.91. The van der Waals surface area contributed by atoms with E-state index in [-0.39, 0.29) is 5.56 Å². The number of nitroso groups, excluding NO2 is 1. The normalized spacial score (nSPS) is 23.1. The minimum absolute atomic E-state index is 0.140. The molecule has 2 rings (SSSR count). The van der Waals surface area contributed by atoms with E-state index >= 15 is 0 Å². The van der Waals surface area contributed by atoms with E-state index in [0.717, 1.165) is 12.1 Å². The molecule has 2 atom stereocenters. The lowest BCUT2D eigenvalue weighted by molar-refractivity contribution is -0.137. The van der Waals surface area contributed by atoms with E-state index < -0.39 is 29.4 Å². The molecule has 116 valence electrons. The van der Waals surface area contributed by atoms with Gasteiger partial charge in [0, 0.05) is 0 Å². The Morgan fingerprint density at radius 1 is 1.43 bits per heavy atom. The summed E-state index contributed by atoms with van der Waals surface area (Å²) >= 11 is 0. The first kappa shape index (κ1) is 15.8. The number of aliphatic hydroxyl groups is 1. The van der Waals surface area contributed by atoms with Crippen molar-refractivity contribution in [1.29, 1.82) is 0 Å². The Morgan fingerprint density at radius 2 is 2.10 bits per heavy atom. The minimum Gasteiger partial charge on any atom is -0.386 e. The Balaban J connectivity index is 2.28. The van der Waals surface area contributed by atoms with Crippen LogP contribution in [0.4, 0.5) is 13.2 Å². The number of hydrogen-bond acceptors (Lipinski definition) is 3. The van der Waals surface area contributed by atoms with Crippen LogP contribution in [-0.2, 0) is 6.18 Å². The van der Waals surface area contributed by atoms with Crippen molar-refractivity contribution in [1.82, 2.24) is 5.01 Å². The molecule has 21 heavy (non-hydrogen) atoms. The Kier molecular flexibility index (Phi) is 3.97. The van der Waals surface area contributed by atoms with Gasteiger partial charge in [0.25, 0.3) is 0 Å². The standard InChI is InChI=1S/C14H17F3N2O2/c1-13(2)7-6-11(19(13)18-21)12(20)9-4-3-5-10(8-9)14(15,16)17/h3-5,8,11-12,20H,6-7H2,1-2H3. The summed E-state index contributed by atoms with van der Waals surface area (Å²) in [7, 11) is 0. The van der Waals surface area contributed by atoms with Crippen molar-refractivity contribution >= 4 is 0 Å². The number of hydrogen-bond donors (Lipinski definition) is 1. The van der Waals surface area contributed by atoms with Crippen molar-refractivity contribution in [2.75, 3.05) is 0 Å². The molecule has 4 nitrogen and oxygen atoms in total. The van der Waals surface area contributed by atoms with Gasteiger partial charge >= 0.3 is 6.18 Å². The van der Waals surface area contributed by atoms with Crippen LogP contribution < -0.4 is 0 Å². The summed E-state index contributed by atoms with van der Waals surface area (Å²) < 4.78 is 38.1. The van der Waals surface area contributed by atoms with Crippen LogP contribution in [0.5, 0.6) is 0 Å². The Bertz CT molecular complexity index is 531. The minimum atomic E-state index is -4.47. The Labute approximate surface area is 120 Å². The highest BCUT2D eigenvalue weighted by molar-refractivity contribution is 5.28. The van der Waals surface area contributed by atoms with E-state index in [1.54, 1.807) is 0 Å². The molecular weight excluding hydrogens is 285 g/mol. The highest BCUT2D eigenvalue weighted by atomic mass is 19.4. The maximum Gasteiger partial charge on any atom is 0.416 e. The van der Waals surface area contributed by atoms with Gasteiger partial charge in [-0.15, -0.1) is 4.91 Å². The zero-order chi connectivity index (χ0) is 15.8. The molecule has 1 aliphatic rings. The van der Waals surface area contributed by atoms with Crippen molar-refractivity contribution in [2.45, 2.75) is 50.6 Å². The Morgan fingerprint density at radius 3 is 2.67 bits per heavy atom. The van der Waals surface area contributed by atoms with E-state index in [2.05, 4.69) is 5.29 Å². The summed E-state index contributed by atoms with van der Waals surface area (Å²) in [6.45, 7) is 3.63. The monoisotopic (exact) mass is 302 g/mol. The van der Waals surface area contributed by atoms with E-state index in [9.17, 15) is 23.2 Å². The molecule has 7 heteroatoms. The summed E-state index contributed by atoms with van der Waals surface area (Å²) in [5.41, 5.74) is -1.18. The van der Waals surface area contributed by atoms with Crippen molar-refractivity contribution in [2.24, 2.45) is 5.29 Å². The lowest BCUT2D eigenvalue weighted by atomic mass is 9.98. The van der Waals surface area contributed by atoms with E-state index in [1.807, 2.05) is 13.8 Å². The first-order valence-electron chi connectivity index (χ1n) is 6.64. The van der Waals surface area contributed by atoms with Crippen LogP contribution >= 0.6 is 0 Å². The molecule has 1 aromatic rings. The maximum atomic E-state index is 12.7. The van der Waals surface area contributed by atoms with Gasteiger partial charge in [0.1, 0.15) is 6.10 Å². The predicted molar refractivity (Wildman–Crippen MR) is 71.1 cm³/mol. The highest BCUT2D eigenvalue weighted by Gasteiger charge is 2.44. The molecule has 1 heterocycles. The topological polar surface area (TPSA) is 52.9 Å². The molecule has 2 unspecified atom stereocenters. The summed E-state index contributed by atoms with van der Waals surface area (Å²) in [5, 5.41) is 14.5. The largest absolute Gasteiger partial charge is 0.416 e. The van der Waals surface area contributed by atoms with Gasteiger partial charge in [0.05, 0.1) is 22.4 Å². The fraction of sp³-hybridized carbons (Fsp3) is 0.571. The van der Waals surface area contributed by atoms with E-state index in [4.69, 9.17) is 0 Å². The molecule has 0 aromatic heterocycles. The predicted octanol–water partition coefficient (Wildman–Crippen LogP) is 3.66. The van der Waals surface area contributed by atoms with Gasteiger partial charge in [0.2, 0.25) is 0 Å². The zero-order valence-corrected chi connectivity index (χ0v) is 11.8. The van der Waals surface area contributed by atoms with Gasteiger partial charge in [0.15, 0.2) is 0 Å². The zero-order valence-electron chi connectivity index (χ0n) is 11.8. The average Bonchev–Trinajstić information content (AvgIpc) is 2.72. The van der Waals surface area contributed by atoms with Crippen LogP contribution in [0, 0.1) is 4.91 Å². The van der Waals surface area contributed by atoms with Gasteiger partial charge in [-0.05, 0) is 44.4 Å². The third-order valence-electron chi connectivity index (χ3n) is 3.99. The fourth-order valence-electron chi connectivity index (χ4n) is 2.77. The van der Waals surface area contributed by atoms with Crippen LogP contribution in [0.2, 0.25) is 0 Å². The molecule has 0 spiro atoms. The summed E-state index contributed by atoms with van der Waals surface area (Å²) in [6.07, 6.45) is -4.52. The van der Waals surface area contributed by atoms with Gasteiger partial charge in [-0.1, -0.05) is 12.1 Å². The first-order chi connectivity index (χ1) is 9.66. The van der Waals surface area contributed by atoms with E-state index in [0.29, 0.717) is 12.8 Å².